The number of aromatic nitrogens is 4. The van der Waals surface area contributed by atoms with Crippen molar-refractivity contribution in [2.75, 3.05) is 0 Å². The summed E-state index contributed by atoms with van der Waals surface area (Å²) < 4.78 is 1.70. The van der Waals surface area contributed by atoms with Crippen LogP contribution in [0, 0.1) is 0 Å². The van der Waals surface area contributed by atoms with Gasteiger partial charge in [0.1, 0.15) is 5.82 Å². The Bertz CT molecular complexity index is 1200. The van der Waals surface area contributed by atoms with Crippen molar-refractivity contribution in [3.05, 3.63) is 82.9 Å². The van der Waals surface area contributed by atoms with Crippen LogP contribution in [0.5, 0.6) is 0 Å². The predicted molar refractivity (Wildman–Crippen MR) is 116 cm³/mol. The molecule has 1 unspecified atom stereocenters. The van der Waals surface area contributed by atoms with Crippen LogP contribution in [0.3, 0.4) is 0 Å². The third kappa shape index (κ3) is 3.73. The normalized spacial score (nSPS) is 14.7. The second-order valence-electron chi connectivity index (χ2n) is 8.19. The summed E-state index contributed by atoms with van der Waals surface area (Å²) in [6, 6.07) is 16.1. The van der Waals surface area contributed by atoms with E-state index < -0.39 is 0 Å². The number of hydrogen-bond acceptors (Lipinski definition) is 3. The highest BCUT2D eigenvalue weighted by Gasteiger charge is 2.27. The minimum Gasteiger partial charge on any atom is -0.345 e. The molecule has 1 fully saturated rings. The number of rotatable bonds is 6. The van der Waals surface area contributed by atoms with E-state index in [0.29, 0.717) is 17.9 Å². The summed E-state index contributed by atoms with van der Waals surface area (Å²) in [6.45, 7) is 2.00. The lowest BCUT2D eigenvalue weighted by Gasteiger charge is -2.14. The molecule has 2 heterocycles. The SMILES string of the molecule is CC(NC(=O)c1cn(C)nc1Cc1ccccc1)c1ccc2nc(C3CC3)[nH]c2c1. The average Bonchev–Trinajstić information content (AvgIpc) is 3.40. The number of imidazole rings is 1. The zero-order valence-electron chi connectivity index (χ0n) is 17.2. The van der Waals surface area contributed by atoms with E-state index in [1.54, 1.807) is 10.9 Å². The largest absolute Gasteiger partial charge is 0.345 e. The van der Waals surface area contributed by atoms with Gasteiger partial charge in [-0.05, 0) is 43.0 Å². The van der Waals surface area contributed by atoms with E-state index in [2.05, 4.69) is 38.6 Å². The van der Waals surface area contributed by atoms with Gasteiger partial charge in [-0.3, -0.25) is 9.48 Å². The molecule has 1 saturated carbocycles. The summed E-state index contributed by atoms with van der Waals surface area (Å²) in [5.41, 5.74) is 5.60. The lowest BCUT2D eigenvalue weighted by atomic mass is 10.0. The van der Waals surface area contributed by atoms with Gasteiger partial charge in [0, 0.05) is 25.6 Å². The topological polar surface area (TPSA) is 75.6 Å². The highest BCUT2D eigenvalue weighted by molar-refractivity contribution is 5.95. The van der Waals surface area contributed by atoms with Gasteiger partial charge in [0.25, 0.3) is 5.91 Å². The summed E-state index contributed by atoms with van der Waals surface area (Å²) in [6.07, 6.45) is 4.86. The van der Waals surface area contributed by atoms with Gasteiger partial charge < -0.3 is 10.3 Å². The number of carbonyl (C=O) groups is 1. The molecule has 1 aliphatic rings. The van der Waals surface area contributed by atoms with Crippen LogP contribution in [0.25, 0.3) is 11.0 Å². The first-order chi connectivity index (χ1) is 14.6. The van der Waals surface area contributed by atoms with E-state index in [1.165, 1.54) is 12.8 Å². The maximum atomic E-state index is 13.0. The molecule has 0 aliphatic heterocycles. The predicted octanol–water partition coefficient (Wildman–Crippen LogP) is 4.26. The molecule has 2 N–H and O–H groups in total. The number of carbonyl (C=O) groups excluding carboxylic acids is 1. The van der Waals surface area contributed by atoms with Gasteiger partial charge in [-0.15, -0.1) is 0 Å². The molecular formula is C24H25N5O. The quantitative estimate of drug-likeness (QED) is 0.509. The van der Waals surface area contributed by atoms with Crippen LogP contribution in [0.15, 0.2) is 54.7 Å². The van der Waals surface area contributed by atoms with Gasteiger partial charge >= 0.3 is 0 Å². The molecule has 2 aromatic heterocycles. The Morgan fingerprint density at radius 1 is 1.23 bits per heavy atom. The molecule has 0 saturated heterocycles. The van der Waals surface area contributed by atoms with Gasteiger partial charge in [-0.2, -0.15) is 5.10 Å². The Kier molecular flexibility index (Phi) is 4.62. The average molecular weight is 399 g/mol. The minimum atomic E-state index is -0.126. The molecule has 4 aromatic rings. The number of aryl methyl sites for hydroxylation is 1. The smallest absolute Gasteiger partial charge is 0.255 e. The number of aromatic amines is 1. The van der Waals surface area contributed by atoms with Crippen molar-refractivity contribution >= 4 is 16.9 Å². The van der Waals surface area contributed by atoms with Gasteiger partial charge in [-0.1, -0.05) is 36.4 Å². The highest BCUT2D eigenvalue weighted by atomic mass is 16.1. The molecule has 2 aromatic carbocycles. The number of H-pyrrole nitrogens is 1. The van der Waals surface area contributed by atoms with Crippen LogP contribution in [-0.2, 0) is 13.5 Å². The van der Waals surface area contributed by atoms with Crippen molar-refractivity contribution in [3.63, 3.8) is 0 Å². The molecule has 152 valence electrons. The lowest BCUT2D eigenvalue weighted by molar-refractivity contribution is 0.0939. The maximum Gasteiger partial charge on any atom is 0.255 e. The molecule has 0 spiro atoms. The highest BCUT2D eigenvalue weighted by Crippen LogP contribution is 2.39. The Labute approximate surface area is 175 Å². The van der Waals surface area contributed by atoms with Crippen molar-refractivity contribution in [2.24, 2.45) is 7.05 Å². The fourth-order valence-electron chi connectivity index (χ4n) is 3.87. The number of amides is 1. The van der Waals surface area contributed by atoms with E-state index in [4.69, 9.17) is 0 Å². The summed E-state index contributed by atoms with van der Waals surface area (Å²) in [5.74, 6) is 1.57. The van der Waals surface area contributed by atoms with E-state index in [1.807, 2.05) is 44.3 Å². The molecular weight excluding hydrogens is 374 g/mol. The number of benzene rings is 2. The van der Waals surface area contributed by atoms with Gasteiger partial charge in [0.05, 0.1) is 28.3 Å². The molecule has 1 aliphatic carbocycles. The van der Waals surface area contributed by atoms with Gasteiger partial charge in [0.15, 0.2) is 0 Å². The summed E-state index contributed by atoms with van der Waals surface area (Å²) in [5, 5.41) is 7.65. The molecule has 1 atom stereocenters. The van der Waals surface area contributed by atoms with Crippen molar-refractivity contribution in [3.8, 4) is 0 Å². The van der Waals surface area contributed by atoms with Crippen LogP contribution >= 0.6 is 0 Å². The molecule has 30 heavy (non-hydrogen) atoms. The molecule has 5 rings (SSSR count). The monoisotopic (exact) mass is 399 g/mol. The Balaban J connectivity index is 1.34. The van der Waals surface area contributed by atoms with Gasteiger partial charge in [-0.25, -0.2) is 4.98 Å². The maximum absolute atomic E-state index is 13.0. The fraction of sp³-hybridized carbons (Fsp3) is 0.292. The lowest BCUT2D eigenvalue weighted by Crippen LogP contribution is -2.27. The second kappa shape index (κ2) is 7.44. The molecule has 6 nitrogen and oxygen atoms in total. The van der Waals surface area contributed by atoms with Gasteiger partial charge in [0.2, 0.25) is 0 Å². The Morgan fingerprint density at radius 3 is 2.80 bits per heavy atom. The molecule has 0 bridgehead atoms. The van der Waals surface area contributed by atoms with Crippen molar-refractivity contribution < 1.29 is 4.79 Å². The zero-order chi connectivity index (χ0) is 20.7. The Hall–Kier alpha value is -3.41. The van der Waals surface area contributed by atoms with Crippen LogP contribution in [-0.4, -0.2) is 25.7 Å². The number of fused-ring (bicyclic) bond motifs is 1. The Morgan fingerprint density at radius 2 is 2.03 bits per heavy atom. The summed E-state index contributed by atoms with van der Waals surface area (Å²) in [4.78, 5) is 21.2. The van der Waals surface area contributed by atoms with Crippen molar-refractivity contribution in [1.82, 2.24) is 25.1 Å². The second-order valence-corrected chi connectivity index (χ2v) is 8.19. The van der Waals surface area contributed by atoms with Crippen LogP contribution < -0.4 is 5.32 Å². The third-order valence-electron chi connectivity index (χ3n) is 5.70. The zero-order valence-corrected chi connectivity index (χ0v) is 17.2. The molecule has 6 heteroatoms. The molecule has 0 radical (unpaired) electrons. The first-order valence-corrected chi connectivity index (χ1v) is 10.4. The summed E-state index contributed by atoms with van der Waals surface area (Å²) >= 11 is 0. The fourth-order valence-corrected chi connectivity index (χ4v) is 3.87. The van der Waals surface area contributed by atoms with E-state index in [9.17, 15) is 4.79 Å². The number of hydrogen-bond donors (Lipinski definition) is 2. The van der Waals surface area contributed by atoms with Crippen LogP contribution in [0.2, 0.25) is 0 Å². The van der Waals surface area contributed by atoms with E-state index in [0.717, 1.165) is 33.7 Å². The summed E-state index contributed by atoms with van der Waals surface area (Å²) in [7, 11) is 1.85. The number of nitrogens with one attached hydrogen (secondary N) is 2. The van der Waals surface area contributed by atoms with Crippen molar-refractivity contribution in [1.29, 1.82) is 0 Å². The van der Waals surface area contributed by atoms with E-state index >= 15 is 0 Å². The molecule has 1 amide bonds. The van der Waals surface area contributed by atoms with Crippen LogP contribution in [0.4, 0.5) is 0 Å². The first-order valence-electron chi connectivity index (χ1n) is 10.4. The third-order valence-corrected chi connectivity index (χ3v) is 5.70. The van der Waals surface area contributed by atoms with Crippen LogP contribution in [0.1, 0.15) is 64.7 Å². The number of nitrogens with zero attached hydrogens (tertiary/aromatic N) is 3. The minimum absolute atomic E-state index is 0.107. The standard InChI is InChI=1S/C24H25N5O/c1-15(18-10-11-20-22(13-18)27-23(26-20)17-8-9-17)25-24(30)19-14-29(2)28-21(19)12-16-6-4-3-5-7-16/h3-7,10-11,13-15,17H,8-9,12H2,1-2H3,(H,25,30)(H,26,27). The first kappa shape index (κ1) is 18.6. The van der Waals surface area contributed by atoms with Crippen molar-refractivity contribution in [2.45, 2.75) is 38.1 Å². The van der Waals surface area contributed by atoms with E-state index in [-0.39, 0.29) is 11.9 Å².